The fraction of sp³-hybridized carbons (Fsp3) is 0.517. The van der Waals surface area contributed by atoms with E-state index in [1.807, 2.05) is 6.08 Å². The molecule has 2 aliphatic carbocycles. The van der Waals surface area contributed by atoms with Crippen molar-refractivity contribution in [3.63, 3.8) is 0 Å². The Kier molecular flexibility index (Phi) is 7.69. The van der Waals surface area contributed by atoms with Gasteiger partial charge < -0.3 is 4.74 Å². The Morgan fingerprint density at radius 1 is 0.794 bits per heavy atom. The number of halogens is 4. The molecule has 0 saturated heterocycles. The molecule has 5 heteroatoms. The van der Waals surface area contributed by atoms with E-state index in [1.54, 1.807) is 12.1 Å². The minimum Gasteiger partial charge on any atom is -0.426 e. The Labute approximate surface area is 200 Å². The van der Waals surface area contributed by atoms with Gasteiger partial charge in [-0.25, -0.2) is 4.39 Å². The summed E-state index contributed by atoms with van der Waals surface area (Å²) < 4.78 is 61.3. The second kappa shape index (κ2) is 10.5. The molecule has 0 spiro atoms. The van der Waals surface area contributed by atoms with E-state index in [-0.39, 0.29) is 5.56 Å². The van der Waals surface area contributed by atoms with Crippen molar-refractivity contribution in [3.8, 4) is 5.75 Å². The molecule has 2 saturated carbocycles. The Hall–Kier alpha value is -2.30. The molecule has 1 nitrogen and oxygen atoms in total. The van der Waals surface area contributed by atoms with Crippen LogP contribution in [0, 0.1) is 42.2 Å². The minimum absolute atomic E-state index is 0.0291. The molecule has 2 fully saturated rings. The lowest BCUT2D eigenvalue weighted by Crippen LogP contribution is -2.24. The highest BCUT2D eigenvalue weighted by atomic mass is 19.3. The summed E-state index contributed by atoms with van der Waals surface area (Å²) >= 11 is 0. The molecule has 0 aromatic heterocycles. The third-order valence-electron chi connectivity index (χ3n) is 7.83. The summed E-state index contributed by atoms with van der Waals surface area (Å²) in [7, 11) is 0. The van der Waals surface area contributed by atoms with Gasteiger partial charge in [-0.05, 0) is 98.4 Å². The van der Waals surface area contributed by atoms with Crippen molar-refractivity contribution >= 4 is 6.08 Å². The lowest BCUT2D eigenvalue weighted by atomic mass is 9.69. The van der Waals surface area contributed by atoms with Gasteiger partial charge in [-0.1, -0.05) is 50.1 Å². The third kappa shape index (κ3) is 5.84. The van der Waals surface area contributed by atoms with Gasteiger partial charge in [0.25, 0.3) is 0 Å². The molecule has 0 bridgehead atoms. The molecular weight excluding hydrogens is 440 g/mol. The molecule has 0 heterocycles. The molecule has 0 amide bonds. The summed E-state index contributed by atoms with van der Waals surface area (Å²) in [6.45, 7) is 3.72. The van der Waals surface area contributed by atoms with Crippen molar-refractivity contribution < 1.29 is 22.3 Å². The molecule has 0 N–H and O–H groups in total. The van der Waals surface area contributed by atoms with Crippen LogP contribution in [0.2, 0.25) is 0 Å². The molecule has 0 atom stereocenters. The van der Waals surface area contributed by atoms with Crippen LogP contribution in [0.4, 0.5) is 17.6 Å². The minimum atomic E-state index is -3.78. The molecule has 0 unspecified atom stereocenters. The lowest BCUT2D eigenvalue weighted by molar-refractivity contribution is -0.187. The van der Waals surface area contributed by atoms with Crippen molar-refractivity contribution in [1.29, 1.82) is 0 Å². The fourth-order valence-corrected chi connectivity index (χ4v) is 5.51. The van der Waals surface area contributed by atoms with Gasteiger partial charge in [0.2, 0.25) is 5.82 Å². The first kappa shape index (κ1) is 24.8. The van der Waals surface area contributed by atoms with E-state index >= 15 is 0 Å². The number of hydrogen-bond donors (Lipinski definition) is 0. The van der Waals surface area contributed by atoms with Crippen LogP contribution in [0.25, 0.3) is 6.08 Å². The first-order chi connectivity index (χ1) is 16.2. The lowest BCUT2D eigenvalue weighted by Gasteiger charge is -2.36. The predicted molar refractivity (Wildman–Crippen MR) is 128 cm³/mol. The number of aryl methyl sites for hydroxylation is 1. The first-order valence-electron chi connectivity index (χ1n) is 12.5. The van der Waals surface area contributed by atoms with Crippen molar-refractivity contribution in [2.24, 2.45) is 23.7 Å². The average Bonchev–Trinajstić information content (AvgIpc) is 2.84. The number of allylic oxidation sites excluding steroid dienone is 1. The zero-order valence-corrected chi connectivity index (χ0v) is 20.0. The van der Waals surface area contributed by atoms with Gasteiger partial charge in [0, 0.05) is 0 Å². The van der Waals surface area contributed by atoms with Crippen LogP contribution >= 0.6 is 0 Å². The zero-order valence-electron chi connectivity index (χ0n) is 20.0. The molecular formula is C29H34F4O. The number of benzene rings is 2. The largest absolute Gasteiger partial charge is 0.426 e. The molecule has 2 aromatic rings. The van der Waals surface area contributed by atoms with Gasteiger partial charge in [0.05, 0.1) is 5.56 Å². The number of ether oxygens (including phenoxy) is 1. The second-order valence-electron chi connectivity index (χ2n) is 10.3. The average molecular weight is 475 g/mol. The van der Waals surface area contributed by atoms with Crippen LogP contribution in [-0.2, 0) is 6.11 Å². The van der Waals surface area contributed by atoms with E-state index in [9.17, 15) is 17.6 Å². The molecule has 0 radical (unpaired) electrons. The van der Waals surface area contributed by atoms with E-state index in [4.69, 9.17) is 0 Å². The fourth-order valence-electron chi connectivity index (χ4n) is 5.51. The molecule has 184 valence electrons. The summed E-state index contributed by atoms with van der Waals surface area (Å²) in [6.07, 6.45) is 10.9. The van der Waals surface area contributed by atoms with Gasteiger partial charge in [0.1, 0.15) is 0 Å². The molecule has 4 rings (SSSR count). The second-order valence-corrected chi connectivity index (χ2v) is 10.3. The van der Waals surface area contributed by atoms with Gasteiger partial charge in [-0.2, -0.15) is 13.2 Å². The number of rotatable bonds is 6. The van der Waals surface area contributed by atoms with E-state index in [1.165, 1.54) is 76.5 Å². The quantitative estimate of drug-likeness (QED) is 0.380. The van der Waals surface area contributed by atoms with Crippen molar-refractivity contribution in [3.05, 3.63) is 70.8 Å². The molecule has 2 aromatic carbocycles. The predicted octanol–water partition coefficient (Wildman–Crippen LogP) is 9.05. The highest BCUT2D eigenvalue weighted by Gasteiger charge is 2.36. The van der Waals surface area contributed by atoms with Gasteiger partial charge >= 0.3 is 6.11 Å². The summed E-state index contributed by atoms with van der Waals surface area (Å²) in [4.78, 5) is 0. The first-order valence-corrected chi connectivity index (χ1v) is 12.5. The van der Waals surface area contributed by atoms with Crippen LogP contribution in [0.15, 0.2) is 42.5 Å². The van der Waals surface area contributed by atoms with E-state index in [2.05, 4.69) is 17.7 Å². The molecule has 2 aliphatic rings. The van der Waals surface area contributed by atoms with Crippen LogP contribution in [0.3, 0.4) is 0 Å². The SMILES string of the molecule is Cc1ccc(OC(F)(F)c2ccc(/C=C/C3CCC(C4CCC(C)CC4)CC3)cc2)c(F)c1F. The van der Waals surface area contributed by atoms with Crippen LogP contribution in [-0.4, -0.2) is 0 Å². The third-order valence-corrected chi connectivity index (χ3v) is 7.83. The topological polar surface area (TPSA) is 9.23 Å². The summed E-state index contributed by atoms with van der Waals surface area (Å²) in [5, 5.41) is 0. The Bertz CT molecular complexity index is 982. The number of alkyl halides is 2. The van der Waals surface area contributed by atoms with Gasteiger partial charge in [-0.3, -0.25) is 0 Å². The smallest absolute Gasteiger partial charge is 0.426 e. The van der Waals surface area contributed by atoms with Crippen molar-refractivity contribution in [2.45, 2.75) is 71.3 Å². The Morgan fingerprint density at radius 2 is 1.38 bits per heavy atom. The van der Waals surface area contributed by atoms with Gasteiger partial charge in [0.15, 0.2) is 11.6 Å². The maximum Gasteiger partial charge on any atom is 0.426 e. The van der Waals surface area contributed by atoms with Crippen LogP contribution in [0.5, 0.6) is 5.75 Å². The zero-order chi connectivity index (χ0) is 24.3. The molecule has 34 heavy (non-hydrogen) atoms. The molecule has 0 aliphatic heterocycles. The van der Waals surface area contributed by atoms with E-state index in [0.29, 0.717) is 5.92 Å². The van der Waals surface area contributed by atoms with Crippen molar-refractivity contribution in [1.82, 2.24) is 0 Å². The van der Waals surface area contributed by atoms with E-state index in [0.717, 1.165) is 29.4 Å². The van der Waals surface area contributed by atoms with Crippen LogP contribution in [0.1, 0.15) is 75.0 Å². The standard InChI is InChI=1S/C29H34F4O/c1-19-3-12-23(13-4-19)24-14-8-21(9-15-24)6-7-22-10-16-25(17-11-22)29(32,33)34-26-18-5-20(2)27(30)28(26)31/h5-7,10-11,16-19,21,23-24H,3-4,8-9,12-15H2,1-2H3/b7-6+. The van der Waals surface area contributed by atoms with E-state index < -0.39 is 29.1 Å². The normalized spacial score (nSPS) is 26.1. The highest BCUT2D eigenvalue weighted by Crippen LogP contribution is 2.41. The maximum absolute atomic E-state index is 14.5. The highest BCUT2D eigenvalue weighted by molar-refractivity contribution is 5.50. The summed E-state index contributed by atoms with van der Waals surface area (Å²) in [6, 6.07) is 7.96. The Morgan fingerprint density at radius 3 is 2.00 bits per heavy atom. The van der Waals surface area contributed by atoms with Crippen LogP contribution < -0.4 is 4.74 Å². The summed E-state index contributed by atoms with van der Waals surface area (Å²) in [5.41, 5.74) is 0.448. The van der Waals surface area contributed by atoms with Gasteiger partial charge in [-0.15, -0.1) is 0 Å². The Balaban J connectivity index is 1.31. The number of hydrogen-bond acceptors (Lipinski definition) is 1. The maximum atomic E-state index is 14.5. The summed E-state index contributed by atoms with van der Waals surface area (Å²) in [5.74, 6) is -0.214. The monoisotopic (exact) mass is 474 g/mol. The van der Waals surface area contributed by atoms with Crippen molar-refractivity contribution in [2.75, 3.05) is 0 Å².